The topological polar surface area (TPSA) is 121 Å². The molecule has 4 aromatic carbocycles. The SMILES string of the molecule is Cc1ccc(C#N)cc1-c1nc2ccccc2n(CCCCCBr)c1=O.Cc1ccc(C#N)cc1-c1nc2ccccc2n(CCCCCN2[C@H](C)CCC[C@@H]2C)c1=O. The van der Waals surface area contributed by atoms with E-state index in [1.54, 1.807) is 24.3 Å². The maximum atomic E-state index is 13.5. The van der Waals surface area contributed by atoms with E-state index in [0.29, 0.717) is 47.7 Å². The van der Waals surface area contributed by atoms with Crippen LogP contribution in [-0.2, 0) is 13.1 Å². The molecule has 0 saturated carbocycles. The van der Waals surface area contributed by atoms with Crippen LogP contribution in [0.2, 0.25) is 0 Å². The molecule has 1 fully saturated rings. The van der Waals surface area contributed by atoms with Gasteiger partial charge in [-0.2, -0.15) is 10.5 Å². The smallest absolute Gasteiger partial charge is 0.277 e. The minimum atomic E-state index is -0.0965. The number of nitriles is 2. The predicted octanol–water partition coefficient (Wildman–Crippen LogP) is 10.5. The maximum Gasteiger partial charge on any atom is 0.277 e. The Balaban J connectivity index is 0.000000204. The fourth-order valence-corrected chi connectivity index (χ4v) is 8.67. The summed E-state index contributed by atoms with van der Waals surface area (Å²) in [6.45, 7) is 11.1. The van der Waals surface area contributed by atoms with E-state index >= 15 is 0 Å². The fourth-order valence-electron chi connectivity index (χ4n) is 8.27. The first-order valence-electron chi connectivity index (χ1n) is 21.0. The number of alkyl halides is 1. The first-order valence-corrected chi connectivity index (χ1v) is 22.1. The van der Waals surface area contributed by atoms with Crippen LogP contribution in [0.25, 0.3) is 44.6 Å². The van der Waals surface area contributed by atoms with Crippen LogP contribution >= 0.6 is 15.9 Å². The van der Waals surface area contributed by atoms with Crippen molar-refractivity contribution in [1.82, 2.24) is 24.0 Å². The number of rotatable bonds is 13. The molecule has 3 heterocycles. The first-order chi connectivity index (χ1) is 28.6. The number of halogens is 1. The Hall–Kier alpha value is -5.42. The van der Waals surface area contributed by atoms with Crippen LogP contribution in [0.15, 0.2) is 94.5 Å². The number of benzene rings is 4. The molecule has 0 unspecified atom stereocenters. The predicted molar refractivity (Wildman–Crippen MR) is 243 cm³/mol. The number of hydrogen-bond acceptors (Lipinski definition) is 7. The average Bonchev–Trinajstić information content (AvgIpc) is 3.25. The zero-order chi connectivity index (χ0) is 41.9. The molecule has 2 atom stereocenters. The molecule has 59 heavy (non-hydrogen) atoms. The van der Waals surface area contributed by atoms with Gasteiger partial charge in [-0.25, -0.2) is 9.97 Å². The van der Waals surface area contributed by atoms with Crippen LogP contribution in [0.3, 0.4) is 0 Å². The molecule has 9 nitrogen and oxygen atoms in total. The summed E-state index contributed by atoms with van der Waals surface area (Å²) in [7, 11) is 0. The molecule has 0 bridgehead atoms. The van der Waals surface area contributed by atoms with E-state index in [0.717, 1.165) is 94.7 Å². The second kappa shape index (κ2) is 20.5. The van der Waals surface area contributed by atoms with Gasteiger partial charge in [0, 0.05) is 41.6 Å². The molecule has 1 saturated heterocycles. The van der Waals surface area contributed by atoms with Gasteiger partial charge >= 0.3 is 0 Å². The number of piperidine rings is 1. The third kappa shape index (κ3) is 10.2. The Labute approximate surface area is 356 Å². The highest BCUT2D eigenvalue weighted by molar-refractivity contribution is 9.09. The monoisotopic (exact) mass is 851 g/mol. The largest absolute Gasteiger partial charge is 0.305 e. The second-order valence-corrected chi connectivity index (χ2v) is 16.6. The summed E-state index contributed by atoms with van der Waals surface area (Å²) in [6.07, 6.45) is 10.3. The summed E-state index contributed by atoms with van der Waals surface area (Å²) in [5.74, 6) is 0. The van der Waals surface area contributed by atoms with Crippen molar-refractivity contribution in [2.24, 2.45) is 0 Å². The van der Waals surface area contributed by atoms with Gasteiger partial charge in [-0.05, 0) is 132 Å². The number of aryl methyl sites for hydroxylation is 4. The Kier molecular flexibility index (Phi) is 15.0. The van der Waals surface area contributed by atoms with E-state index in [-0.39, 0.29) is 11.1 Å². The summed E-state index contributed by atoms with van der Waals surface area (Å²) in [5, 5.41) is 19.5. The maximum absolute atomic E-state index is 13.5. The number of fused-ring (bicyclic) bond motifs is 2. The van der Waals surface area contributed by atoms with Crippen molar-refractivity contribution in [3.05, 3.63) is 128 Å². The van der Waals surface area contributed by atoms with Crippen LogP contribution in [0.1, 0.15) is 93.9 Å². The standard InChI is InChI=1S/C28H34N4O.C21H20BrN3O/c1-20-14-15-23(19-29)18-24(20)27-28(33)32(26-13-6-5-12-25(26)30-27)17-8-4-7-16-31-21(2)10-9-11-22(31)3;1-15-9-10-16(14-23)13-17(15)20-21(26)25(12-6-2-5-11-22)19-8-4-3-7-18(19)24-20/h5-6,12-15,18,21-22H,4,7-11,16-17H2,1-3H3;3-4,7-10,13H,2,5-6,11-12H2,1H3/t21-,22+;. The lowest BCUT2D eigenvalue weighted by Gasteiger charge is -2.39. The molecular formula is C49H54BrN7O2. The number of likely N-dealkylation sites (tertiary alicyclic amines) is 1. The third-order valence-electron chi connectivity index (χ3n) is 11.6. The third-order valence-corrected chi connectivity index (χ3v) is 12.2. The molecule has 0 amide bonds. The van der Waals surface area contributed by atoms with Crippen molar-refractivity contribution >= 4 is 38.0 Å². The van der Waals surface area contributed by atoms with Crippen molar-refractivity contribution < 1.29 is 0 Å². The molecule has 10 heteroatoms. The molecule has 2 aromatic heterocycles. The lowest BCUT2D eigenvalue weighted by molar-refractivity contribution is 0.101. The number of hydrogen-bond donors (Lipinski definition) is 0. The number of aromatic nitrogens is 4. The normalized spacial score (nSPS) is 15.4. The van der Waals surface area contributed by atoms with Crippen molar-refractivity contribution in [2.75, 3.05) is 11.9 Å². The van der Waals surface area contributed by atoms with E-state index in [9.17, 15) is 20.1 Å². The first kappa shape index (κ1) is 43.2. The zero-order valence-corrected chi connectivity index (χ0v) is 36.3. The van der Waals surface area contributed by atoms with E-state index in [2.05, 4.69) is 51.8 Å². The van der Waals surface area contributed by atoms with Gasteiger partial charge in [0.25, 0.3) is 11.1 Å². The van der Waals surface area contributed by atoms with Crippen molar-refractivity contribution in [3.63, 3.8) is 0 Å². The van der Waals surface area contributed by atoms with Gasteiger partial charge in [0.05, 0.1) is 45.3 Å². The summed E-state index contributed by atoms with van der Waals surface area (Å²) in [4.78, 5) is 38.8. The van der Waals surface area contributed by atoms with Gasteiger partial charge in [0.1, 0.15) is 11.4 Å². The van der Waals surface area contributed by atoms with Crippen LogP contribution in [0.5, 0.6) is 0 Å². The van der Waals surface area contributed by atoms with Crippen LogP contribution in [0, 0.1) is 36.5 Å². The molecule has 0 aliphatic carbocycles. The van der Waals surface area contributed by atoms with Gasteiger partial charge in [-0.3, -0.25) is 14.5 Å². The van der Waals surface area contributed by atoms with E-state index in [4.69, 9.17) is 4.98 Å². The highest BCUT2D eigenvalue weighted by Crippen LogP contribution is 2.26. The molecule has 1 aliphatic heterocycles. The minimum absolute atomic E-state index is 0.0786. The highest BCUT2D eigenvalue weighted by Gasteiger charge is 2.24. The highest BCUT2D eigenvalue weighted by atomic mass is 79.9. The summed E-state index contributed by atoms with van der Waals surface area (Å²) in [6, 6.07) is 32.1. The average molecular weight is 853 g/mol. The summed E-state index contributed by atoms with van der Waals surface area (Å²) in [5.41, 5.74) is 8.44. The quantitative estimate of drug-likeness (QED) is 0.0838. The Bertz CT molecular complexity index is 2610. The zero-order valence-electron chi connectivity index (χ0n) is 34.8. The van der Waals surface area contributed by atoms with Crippen molar-refractivity contribution in [2.45, 2.75) is 111 Å². The minimum Gasteiger partial charge on any atom is -0.305 e. The molecular weight excluding hydrogens is 798 g/mol. The van der Waals surface area contributed by atoms with Gasteiger partial charge in [0.15, 0.2) is 0 Å². The molecule has 0 spiro atoms. The number of para-hydroxylation sites is 4. The van der Waals surface area contributed by atoms with Crippen molar-refractivity contribution in [3.8, 4) is 34.7 Å². The molecule has 7 rings (SSSR count). The molecule has 1 aliphatic rings. The lowest BCUT2D eigenvalue weighted by Crippen LogP contribution is -2.44. The van der Waals surface area contributed by atoms with Gasteiger partial charge in [0.2, 0.25) is 0 Å². The van der Waals surface area contributed by atoms with Crippen molar-refractivity contribution in [1.29, 1.82) is 10.5 Å². The molecule has 304 valence electrons. The van der Waals surface area contributed by atoms with E-state index in [1.807, 2.05) is 83.6 Å². The fraction of sp³-hybridized carbons (Fsp3) is 0.388. The molecule has 6 aromatic rings. The molecule has 0 radical (unpaired) electrons. The lowest BCUT2D eigenvalue weighted by atomic mass is 9.97. The summed E-state index contributed by atoms with van der Waals surface area (Å²) >= 11 is 3.45. The van der Waals surface area contributed by atoms with Crippen LogP contribution in [-0.4, -0.2) is 48.0 Å². The van der Waals surface area contributed by atoms with Gasteiger partial charge in [-0.15, -0.1) is 0 Å². The van der Waals surface area contributed by atoms with Gasteiger partial charge < -0.3 is 9.13 Å². The Morgan fingerprint density at radius 1 is 0.627 bits per heavy atom. The van der Waals surface area contributed by atoms with Crippen LogP contribution in [0.4, 0.5) is 0 Å². The van der Waals surface area contributed by atoms with Crippen LogP contribution < -0.4 is 11.1 Å². The molecule has 0 N–H and O–H groups in total. The number of nitrogens with zero attached hydrogens (tertiary/aromatic N) is 7. The second-order valence-electron chi connectivity index (χ2n) is 15.8. The Morgan fingerprint density at radius 3 is 1.53 bits per heavy atom. The van der Waals surface area contributed by atoms with E-state index < -0.39 is 0 Å². The number of unbranched alkanes of at least 4 members (excludes halogenated alkanes) is 4. The summed E-state index contributed by atoms with van der Waals surface area (Å²) < 4.78 is 3.70. The Morgan fingerprint density at radius 2 is 1.07 bits per heavy atom. The van der Waals surface area contributed by atoms with E-state index in [1.165, 1.54) is 19.3 Å². The van der Waals surface area contributed by atoms with Gasteiger partial charge in [-0.1, -0.05) is 71.6 Å².